The van der Waals surface area contributed by atoms with Gasteiger partial charge in [0, 0.05) is 27.5 Å². The van der Waals surface area contributed by atoms with E-state index in [2.05, 4.69) is 237 Å². The second-order valence-corrected chi connectivity index (χ2v) is 22.0. The van der Waals surface area contributed by atoms with Crippen molar-refractivity contribution in [2.45, 2.75) is 13.8 Å². The van der Waals surface area contributed by atoms with Crippen LogP contribution in [0.25, 0.3) is 83.9 Å². The lowest BCUT2D eigenvalue weighted by Gasteiger charge is -2.34. The van der Waals surface area contributed by atoms with Crippen molar-refractivity contribution in [1.82, 2.24) is 19.5 Å². The molecular formula is C65H48N4Si. The molecule has 0 saturated heterocycles. The zero-order valence-electron chi connectivity index (χ0n) is 39.0. The second-order valence-electron chi connectivity index (χ2n) is 18.2. The average molecular weight is 913 g/mol. The van der Waals surface area contributed by atoms with Crippen LogP contribution in [0, 0.1) is 13.8 Å². The van der Waals surface area contributed by atoms with Crippen LogP contribution in [0.15, 0.2) is 255 Å². The van der Waals surface area contributed by atoms with E-state index in [1.165, 1.54) is 48.2 Å². The molecule has 0 aliphatic rings. The summed E-state index contributed by atoms with van der Waals surface area (Å²) in [6.07, 6.45) is 0. The Morgan fingerprint density at radius 2 is 0.743 bits per heavy atom. The van der Waals surface area contributed by atoms with Crippen LogP contribution in [-0.4, -0.2) is 27.6 Å². The zero-order valence-corrected chi connectivity index (χ0v) is 40.0. The fourth-order valence-corrected chi connectivity index (χ4v) is 15.4. The molecule has 0 N–H and O–H groups in total. The van der Waals surface area contributed by atoms with E-state index in [-0.39, 0.29) is 0 Å². The van der Waals surface area contributed by atoms with Crippen LogP contribution in [0.2, 0.25) is 0 Å². The molecule has 2 aromatic heterocycles. The van der Waals surface area contributed by atoms with Gasteiger partial charge in [-0.15, -0.1) is 0 Å². The summed E-state index contributed by atoms with van der Waals surface area (Å²) in [6, 6.07) is 92.4. The molecule has 0 fully saturated rings. The van der Waals surface area contributed by atoms with E-state index in [1.807, 2.05) is 36.4 Å². The van der Waals surface area contributed by atoms with Crippen molar-refractivity contribution in [2.24, 2.45) is 0 Å². The van der Waals surface area contributed by atoms with Crippen LogP contribution in [0.3, 0.4) is 0 Å². The van der Waals surface area contributed by atoms with Gasteiger partial charge in [-0.1, -0.05) is 242 Å². The number of nitrogens with zero attached hydrogens (tertiary/aromatic N) is 4. The molecule has 70 heavy (non-hydrogen) atoms. The van der Waals surface area contributed by atoms with Crippen molar-refractivity contribution >= 4 is 50.6 Å². The first-order chi connectivity index (χ1) is 34.5. The highest BCUT2D eigenvalue weighted by Gasteiger charge is 2.41. The van der Waals surface area contributed by atoms with E-state index in [4.69, 9.17) is 15.0 Å². The highest BCUT2D eigenvalue weighted by atomic mass is 28.3. The average Bonchev–Trinajstić information content (AvgIpc) is 3.75. The van der Waals surface area contributed by atoms with Gasteiger partial charge in [-0.3, -0.25) is 0 Å². The van der Waals surface area contributed by atoms with Crippen LogP contribution >= 0.6 is 0 Å². The summed E-state index contributed by atoms with van der Waals surface area (Å²) >= 11 is 0. The summed E-state index contributed by atoms with van der Waals surface area (Å²) in [5.41, 5.74) is 13.0. The highest BCUT2D eigenvalue weighted by Crippen LogP contribution is 2.40. The van der Waals surface area contributed by atoms with Gasteiger partial charge in [0.15, 0.2) is 25.5 Å². The van der Waals surface area contributed by atoms with Crippen molar-refractivity contribution in [1.29, 1.82) is 0 Å². The lowest BCUT2D eigenvalue weighted by Crippen LogP contribution is -2.74. The molecule has 0 bridgehead atoms. The minimum Gasteiger partial charge on any atom is -0.308 e. The Bertz CT molecular complexity index is 3660. The van der Waals surface area contributed by atoms with Gasteiger partial charge in [-0.05, 0) is 81.1 Å². The molecule has 0 unspecified atom stereocenters. The van der Waals surface area contributed by atoms with Crippen LogP contribution in [0.4, 0.5) is 0 Å². The fraction of sp³-hybridized carbons (Fsp3) is 0.0308. The van der Waals surface area contributed by atoms with E-state index in [1.54, 1.807) is 0 Å². The first kappa shape index (κ1) is 42.6. The Hall–Kier alpha value is -8.77. The van der Waals surface area contributed by atoms with E-state index in [9.17, 15) is 0 Å². The maximum atomic E-state index is 5.33. The smallest absolute Gasteiger partial charge is 0.179 e. The van der Waals surface area contributed by atoms with Crippen LogP contribution in [-0.2, 0) is 0 Å². The quantitative estimate of drug-likeness (QED) is 0.101. The van der Waals surface area contributed by atoms with Gasteiger partial charge in [-0.2, -0.15) is 0 Å². The molecule has 0 spiro atoms. The summed E-state index contributed by atoms with van der Waals surface area (Å²) in [5, 5.41) is 7.68. The molecule has 0 radical (unpaired) electrons. The van der Waals surface area contributed by atoms with Crippen molar-refractivity contribution < 1.29 is 0 Å². The number of benzene rings is 10. The van der Waals surface area contributed by atoms with Crippen molar-refractivity contribution in [3.8, 4) is 62.1 Å². The fourth-order valence-electron chi connectivity index (χ4n) is 10.6. The molecule has 5 heteroatoms. The molecule has 10 aromatic carbocycles. The molecule has 0 amide bonds. The molecule has 0 aliphatic heterocycles. The highest BCUT2D eigenvalue weighted by molar-refractivity contribution is 7.19. The topological polar surface area (TPSA) is 43.6 Å². The standard InChI is InChI=1S/C65H48N4Si/c1-45-39-46(2)41-52(40-45)51-35-37-58-57-33-18-19-34-60(57)69(61(58)44-51)62-43-50(36-38-59(62)65-67-63(47-21-8-3-9-22-47)66-64(68-65)48-23-10-4-11-24-48)49-25-20-32-56(42-49)70(53-26-12-5-13-27-53,54-28-14-6-15-29-54)55-30-16-7-17-31-55/h3-44H,1-2H3. The Balaban J connectivity index is 1.14. The SMILES string of the molecule is Cc1cc(C)cc(-c2ccc3c4ccccc4n(-c4cc(-c5cccc([Si](c6ccccc6)(c6ccccc6)c6ccccc6)c5)ccc4-c4nc(-c5ccccc5)nc(-c5ccccc5)n4)c3c2)c1. The van der Waals surface area contributed by atoms with Gasteiger partial charge in [0.1, 0.15) is 0 Å². The lowest BCUT2D eigenvalue weighted by atomic mass is 9.99. The minimum absolute atomic E-state index is 0.600. The van der Waals surface area contributed by atoms with Gasteiger partial charge in [-0.25, -0.2) is 15.0 Å². The van der Waals surface area contributed by atoms with Crippen molar-refractivity contribution in [2.75, 3.05) is 0 Å². The first-order valence-electron chi connectivity index (χ1n) is 23.9. The molecule has 12 aromatic rings. The Kier molecular flexibility index (Phi) is 11.0. The summed E-state index contributed by atoms with van der Waals surface area (Å²) < 4.78 is 2.44. The number of rotatable bonds is 10. The third-order valence-electron chi connectivity index (χ3n) is 13.7. The number of hydrogen-bond donors (Lipinski definition) is 0. The third-order valence-corrected chi connectivity index (χ3v) is 18.4. The third kappa shape index (κ3) is 7.63. The van der Waals surface area contributed by atoms with Gasteiger partial charge < -0.3 is 4.57 Å². The molecule has 332 valence electrons. The zero-order chi connectivity index (χ0) is 47.0. The molecule has 0 atom stereocenters. The second kappa shape index (κ2) is 18.0. The van der Waals surface area contributed by atoms with Crippen LogP contribution < -0.4 is 20.7 Å². The largest absolute Gasteiger partial charge is 0.308 e. The molecule has 12 rings (SSSR count). The van der Waals surface area contributed by atoms with E-state index in [0.29, 0.717) is 17.5 Å². The predicted octanol–water partition coefficient (Wildman–Crippen LogP) is 13.3. The normalized spacial score (nSPS) is 11.6. The predicted molar refractivity (Wildman–Crippen MR) is 294 cm³/mol. The number of fused-ring (bicyclic) bond motifs is 3. The van der Waals surface area contributed by atoms with Gasteiger partial charge in [0.05, 0.1) is 16.7 Å². The first-order valence-corrected chi connectivity index (χ1v) is 25.9. The number of hydrogen-bond acceptors (Lipinski definition) is 3. The molecule has 2 heterocycles. The maximum absolute atomic E-state index is 5.33. The molecule has 4 nitrogen and oxygen atoms in total. The Morgan fingerprint density at radius 1 is 0.300 bits per heavy atom. The lowest BCUT2D eigenvalue weighted by molar-refractivity contribution is 1.06. The monoisotopic (exact) mass is 912 g/mol. The maximum Gasteiger partial charge on any atom is 0.179 e. The molecular weight excluding hydrogens is 865 g/mol. The summed E-state index contributed by atoms with van der Waals surface area (Å²) in [7, 11) is -2.82. The van der Waals surface area contributed by atoms with Crippen LogP contribution in [0.1, 0.15) is 11.1 Å². The Labute approximate surface area is 409 Å². The van der Waals surface area contributed by atoms with Gasteiger partial charge in [0.2, 0.25) is 0 Å². The minimum atomic E-state index is -2.82. The number of para-hydroxylation sites is 1. The van der Waals surface area contributed by atoms with Crippen molar-refractivity contribution in [3.63, 3.8) is 0 Å². The van der Waals surface area contributed by atoms with E-state index >= 15 is 0 Å². The number of aryl methyl sites for hydroxylation is 2. The molecule has 0 aliphatic carbocycles. The van der Waals surface area contributed by atoms with Gasteiger partial charge in [0.25, 0.3) is 0 Å². The van der Waals surface area contributed by atoms with Crippen molar-refractivity contribution in [3.05, 3.63) is 266 Å². The summed E-state index contributed by atoms with van der Waals surface area (Å²) in [6.45, 7) is 4.35. The van der Waals surface area contributed by atoms with Gasteiger partial charge >= 0.3 is 0 Å². The summed E-state index contributed by atoms with van der Waals surface area (Å²) in [4.78, 5) is 15.8. The number of aromatic nitrogens is 4. The Morgan fingerprint density at radius 3 is 1.33 bits per heavy atom. The molecule has 0 saturated carbocycles. The van der Waals surface area contributed by atoms with E-state index in [0.717, 1.165) is 50.1 Å². The van der Waals surface area contributed by atoms with Crippen LogP contribution in [0.5, 0.6) is 0 Å². The summed E-state index contributed by atoms with van der Waals surface area (Å²) in [5.74, 6) is 1.84. The van der Waals surface area contributed by atoms with E-state index < -0.39 is 8.07 Å².